The number of aromatic nitrogens is 3. The van der Waals surface area contributed by atoms with E-state index in [1.165, 1.54) is 24.3 Å². The number of hydrogen-bond acceptors (Lipinski definition) is 7. The highest BCUT2D eigenvalue weighted by atomic mass is 19.4. The third-order valence-corrected chi connectivity index (χ3v) is 4.22. The summed E-state index contributed by atoms with van der Waals surface area (Å²) in [4.78, 5) is 16.9. The minimum Gasteiger partial charge on any atom is -0.406 e. The lowest BCUT2D eigenvalue weighted by atomic mass is 10.0. The first-order valence-electron chi connectivity index (χ1n) is 8.59. The molecule has 0 amide bonds. The van der Waals surface area contributed by atoms with Gasteiger partial charge in [-0.3, -0.25) is 4.99 Å². The van der Waals surface area contributed by atoms with Crippen molar-refractivity contribution in [3.63, 3.8) is 0 Å². The van der Waals surface area contributed by atoms with E-state index in [4.69, 9.17) is 5.73 Å². The highest BCUT2D eigenvalue weighted by molar-refractivity contribution is 5.73. The monoisotopic (exact) mass is 400 g/mol. The smallest absolute Gasteiger partial charge is 0.406 e. The molecule has 4 rings (SSSR count). The van der Waals surface area contributed by atoms with Gasteiger partial charge in [0.1, 0.15) is 11.6 Å². The Kier molecular flexibility index (Phi) is 4.75. The standard InChI is InChI=1S/C19H15F3N6O/c20-19(21,22)29-14-3-1-13(2-4-14)27-17-15-10-24-6-5-11(15)7-16(28-17)12-8-25-18(23)26-9-12/h1-4,6-9H,5,10H2,(H,27,28)(H2,23,25,26). The minimum absolute atomic E-state index is 0.165. The lowest BCUT2D eigenvalue weighted by Gasteiger charge is -2.18. The van der Waals surface area contributed by atoms with Crippen molar-refractivity contribution in [3.05, 3.63) is 53.9 Å². The summed E-state index contributed by atoms with van der Waals surface area (Å²) in [6, 6.07) is 7.39. The summed E-state index contributed by atoms with van der Waals surface area (Å²) in [5, 5.41) is 3.16. The van der Waals surface area contributed by atoms with E-state index in [0.29, 0.717) is 35.7 Å². The molecule has 0 aliphatic carbocycles. The summed E-state index contributed by atoms with van der Waals surface area (Å²) in [6.45, 7) is 0.457. The maximum absolute atomic E-state index is 12.3. The molecule has 1 aromatic carbocycles. The van der Waals surface area contributed by atoms with Gasteiger partial charge in [0.2, 0.25) is 5.95 Å². The SMILES string of the molecule is Nc1ncc(-c2cc3c(c(Nc4ccc(OC(F)(F)F)cc4)n2)CN=CC3)cn1. The van der Waals surface area contributed by atoms with Crippen molar-refractivity contribution < 1.29 is 17.9 Å². The second-order valence-electron chi connectivity index (χ2n) is 6.25. The van der Waals surface area contributed by atoms with Gasteiger partial charge >= 0.3 is 6.36 Å². The van der Waals surface area contributed by atoms with Gasteiger partial charge in [-0.25, -0.2) is 15.0 Å². The lowest BCUT2D eigenvalue weighted by Crippen LogP contribution is -2.17. The van der Waals surface area contributed by atoms with E-state index in [0.717, 1.165) is 11.1 Å². The summed E-state index contributed by atoms with van der Waals surface area (Å²) in [5.41, 5.74) is 9.42. The van der Waals surface area contributed by atoms with Gasteiger partial charge in [-0.1, -0.05) is 0 Å². The highest BCUT2D eigenvalue weighted by Gasteiger charge is 2.31. The Morgan fingerprint density at radius 3 is 2.48 bits per heavy atom. The molecular weight excluding hydrogens is 385 g/mol. The zero-order chi connectivity index (χ0) is 20.4. The molecular formula is C19H15F3N6O. The van der Waals surface area contributed by atoms with Gasteiger partial charge in [-0.2, -0.15) is 0 Å². The van der Waals surface area contributed by atoms with Crippen LogP contribution in [-0.4, -0.2) is 27.5 Å². The Morgan fingerprint density at radius 2 is 1.79 bits per heavy atom. The molecule has 0 fully saturated rings. The first-order valence-corrected chi connectivity index (χ1v) is 8.59. The molecule has 0 radical (unpaired) electrons. The normalized spacial score (nSPS) is 13.1. The number of hydrogen-bond donors (Lipinski definition) is 2. The maximum atomic E-state index is 12.3. The van der Waals surface area contributed by atoms with Gasteiger partial charge in [0.25, 0.3) is 0 Å². The van der Waals surface area contributed by atoms with E-state index >= 15 is 0 Å². The number of fused-ring (bicyclic) bond motifs is 1. The fourth-order valence-corrected chi connectivity index (χ4v) is 2.90. The van der Waals surface area contributed by atoms with Gasteiger partial charge in [0.15, 0.2) is 0 Å². The molecule has 2 aromatic heterocycles. The molecule has 0 unspecified atom stereocenters. The summed E-state index contributed by atoms with van der Waals surface area (Å²) in [6.07, 6.45) is 0.914. The number of rotatable bonds is 4. The molecule has 1 aliphatic heterocycles. The van der Waals surface area contributed by atoms with Crippen LogP contribution in [0, 0.1) is 0 Å². The number of nitrogens with two attached hydrogens (primary N) is 1. The third kappa shape index (κ3) is 4.42. The average molecular weight is 400 g/mol. The molecule has 0 spiro atoms. The van der Waals surface area contributed by atoms with Crippen LogP contribution in [0.3, 0.4) is 0 Å². The van der Waals surface area contributed by atoms with Gasteiger partial charge in [-0.05, 0) is 35.9 Å². The summed E-state index contributed by atoms with van der Waals surface area (Å²) >= 11 is 0. The number of nitrogen functional groups attached to an aromatic ring is 1. The lowest BCUT2D eigenvalue weighted by molar-refractivity contribution is -0.274. The van der Waals surface area contributed by atoms with E-state index in [1.807, 2.05) is 12.3 Å². The van der Waals surface area contributed by atoms with Crippen LogP contribution in [0.25, 0.3) is 11.3 Å². The topological polar surface area (TPSA) is 98.3 Å². The number of benzene rings is 1. The van der Waals surface area contributed by atoms with Crippen LogP contribution >= 0.6 is 0 Å². The van der Waals surface area contributed by atoms with Crippen LogP contribution in [0.4, 0.5) is 30.6 Å². The van der Waals surface area contributed by atoms with Crippen LogP contribution < -0.4 is 15.8 Å². The Hall–Kier alpha value is -3.69. The zero-order valence-electron chi connectivity index (χ0n) is 14.9. The molecule has 3 heterocycles. The number of ether oxygens (including phenoxy) is 1. The molecule has 0 saturated heterocycles. The van der Waals surface area contributed by atoms with Crippen molar-refractivity contribution in [2.24, 2.45) is 4.99 Å². The maximum Gasteiger partial charge on any atom is 0.573 e. The second-order valence-corrected chi connectivity index (χ2v) is 6.25. The predicted octanol–water partition coefficient (Wildman–Crippen LogP) is 3.89. The minimum atomic E-state index is -4.73. The van der Waals surface area contributed by atoms with E-state index in [1.54, 1.807) is 12.4 Å². The van der Waals surface area contributed by atoms with E-state index in [-0.39, 0.29) is 11.7 Å². The van der Waals surface area contributed by atoms with Crippen molar-refractivity contribution >= 4 is 23.7 Å². The number of aliphatic imine (C=N–C) groups is 1. The van der Waals surface area contributed by atoms with Crippen molar-refractivity contribution in [1.29, 1.82) is 0 Å². The number of nitrogens with one attached hydrogen (secondary N) is 1. The Balaban J connectivity index is 1.66. The molecule has 0 atom stereocenters. The number of pyridine rings is 1. The van der Waals surface area contributed by atoms with Gasteiger partial charge in [0, 0.05) is 41.8 Å². The molecule has 3 N–H and O–H groups in total. The molecule has 0 bridgehead atoms. The fourth-order valence-electron chi connectivity index (χ4n) is 2.90. The number of anilines is 3. The predicted molar refractivity (Wildman–Crippen MR) is 102 cm³/mol. The molecule has 0 saturated carbocycles. The number of nitrogens with zero attached hydrogens (tertiary/aromatic N) is 4. The highest BCUT2D eigenvalue weighted by Crippen LogP contribution is 2.31. The van der Waals surface area contributed by atoms with Crippen LogP contribution in [-0.2, 0) is 13.0 Å². The number of alkyl halides is 3. The first-order chi connectivity index (χ1) is 13.9. The van der Waals surface area contributed by atoms with Crippen LogP contribution in [0.1, 0.15) is 11.1 Å². The van der Waals surface area contributed by atoms with Crippen molar-refractivity contribution in [2.45, 2.75) is 19.3 Å². The third-order valence-electron chi connectivity index (χ3n) is 4.22. The van der Waals surface area contributed by atoms with Crippen LogP contribution in [0.5, 0.6) is 5.75 Å². The van der Waals surface area contributed by atoms with Gasteiger partial charge in [0.05, 0.1) is 12.2 Å². The summed E-state index contributed by atoms with van der Waals surface area (Å²) in [5.74, 6) is 0.435. The quantitative estimate of drug-likeness (QED) is 0.690. The van der Waals surface area contributed by atoms with E-state index in [2.05, 4.69) is 30.0 Å². The van der Waals surface area contributed by atoms with E-state index < -0.39 is 6.36 Å². The molecule has 7 nitrogen and oxygen atoms in total. The molecule has 148 valence electrons. The van der Waals surface area contributed by atoms with Gasteiger partial charge in [-0.15, -0.1) is 13.2 Å². The largest absolute Gasteiger partial charge is 0.573 e. The molecule has 10 heteroatoms. The Labute approximate surface area is 163 Å². The fraction of sp³-hybridized carbons (Fsp3) is 0.158. The molecule has 29 heavy (non-hydrogen) atoms. The summed E-state index contributed by atoms with van der Waals surface area (Å²) in [7, 11) is 0. The second kappa shape index (κ2) is 7.38. The summed E-state index contributed by atoms with van der Waals surface area (Å²) < 4.78 is 40.9. The Bertz CT molecular complexity index is 1050. The Morgan fingerprint density at radius 1 is 1.07 bits per heavy atom. The molecule has 1 aliphatic rings. The van der Waals surface area contributed by atoms with E-state index in [9.17, 15) is 13.2 Å². The van der Waals surface area contributed by atoms with Crippen LogP contribution in [0.2, 0.25) is 0 Å². The van der Waals surface area contributed by atoms with Crippen molar-refractivity contribution in [2.75, 3.05) is 11.1 Å². The van der Waals surface area contributed by atoms with Crippen molar-refractivity contribution in [1.82, 2.24) is 15.0 Å². The van der Waals surface area contributed by atoms with Crippen molar-refractivity contribution in [3.8, 4) is 17.0 Å². The number of halogens is 3. The van der Waals surface area contributed by atoms with Crippen LogP contribution in [0.15, 0.2) is 47.7 Å². The first kappa shape index (κ1) is 18.7. The average Bonchev–Trinajstić information content (AvgIpc) is 2.69. The zero-order valence-corrected chi connectivity index (χ0v) is 14.9. The van der Waals surface area contributed by atoms with Gasteiger partial charge < -0.3 is 15.8 Å². The molecule has 3 aromatic rings.